The van der Waals surface area contributed by atoms with Gasteiger partial charge < -0.3 is 0 Å². The molecule has 0 bridgehead atoms. The van der Waals surface area contributed by atoms with E-state index in [1.54, 1.807) is 12.1 Å². The van der Waals surface area contributed by atoms with Gasteiger partial charge in [0.2, 0.25) is 0 Å². The van der Waals surface area contributed by atoms with Gasteiger partial charge in [-0.25, -0.2) is 4.39 Å². The van der Waals surface area contributed by atoms with Crippen LogP contribution in [0, 0.1) is 28.5 Å². The van der Waals surface area contributed by atoms with Crippen LogP contribution in [0.4, 0.5) is 4.39 Å². The first-order chi connectivity index (χ1) is 8.90. The smallest absolute Gasteiger partial charge is 0.129 e. The number of likely N-dealkylation sites (tertiary alicyclic amines) is 1. The van der Waals surface area contributed by atoms with E-state index in [2.05, 4.69) is 25.7 Å². The van der Waals surface area contributed by atoms with Crippen molar-refractivity contribution in [1.82, 2.24) is 4.90 Å². The van der Waals surface area contributed by atoms with Gasteiger partial charge in [0.25, 0.3) is 0 Å². The summed E-state index contributed by atoms with van der Waals surface area (Å²) in [7, 11) is 0. The minimum Gasteiger partial charge on any atom is -0.299 e. The van der Waals surface area contributed by atoms with Crippen molar-refractivity contribution in [2.24, 2.45) is 11.3 Å². The van der Waals surface area contributed by atoms with Crippen molar-refractivity contribution in [3.63, 3.8) is 0 Å². The second-order valence-electron chi connectivity index (χ2n) is 6.50. The topological polar surface area (TPSA) is 27.0 Å². The highest BCUT2D eigenvalue weighted by atomic mass is 19.1. The Labute approximate surface area is 114 Å². The quantitative estimate of drug-likeness (QED) is 0.813. The Bertz CT molecular complexity index is 496. The highest BCUT2D eigenvalue weighted by Gasteiger charge is 2.31. The molecule has 3 heteroatoms. The van der Waals surface area contributed by atoms with Crippen LogP contribution in [0.1, 0.15) is 38.3 Å². The van der Waals surface area contributed by atoms with E-state index < -0.39 is 0 Å². The predicted octanol–water partition coefficient (Wildman–Crippen LogP) is 3.57. The lowest BCUT2D eigenvalue weighted by Gasteiger charge is -2.27. The maximum absolute atomic E-state index is 13.8. The van der Waals surface area contributed by atoms with Crippen LogP contribution in [0.15, 0.2) is 18.2 Å². The fourth-order valence-electron chi connectivity index (χ4n) is 2.67. The number of halogens is 1. The van der Waals surface area contributed by atoms with Crippen molar-refractivity contribution in [3.8, 4) is 6.07 Å². The lowest BCUT2D eigenvalue weighted by molar-refractivity contribution is 0.225. The van der Waals surface area contributed by atoms with Gasteiger partial charge in [0.05, 0.1) is 11.6 Å². The number of hydrogen-bond acceptors (Lipinski definition) is 2. The molecule has 19 heavy (non-hydrogen) atoms. The van der Waals surface area contributed by atoms with Gasteiger partial charge in [-0.15, -0.1) is 0 Å². The standard InChI is InChI=1S/C16H21FN2/c1-16(2,3)14-6-7-19(11-14)10-13-5-4-12(9-18)8-15(13)17/h4-5,8,14H,6-7,10-11H2,1-3H3. The molecule has 1 fully saturated rings. The first-order valence-electron chi connectivity index (χ1n) is 6.81. The number of nitriles is 1. The number of hydrogen-bond donors (Lipinski definition) is 0. The molecule has 0 saturated carbocycles. The van der Waals surface area contributed by atoms with Crippen LogP contribution >= 0.6 is 0 Å². The second-order valence-corrected chi connectivity index (χ2v) is 6.50. The zero-order chi connectivity index (χ0) is 14.0. The molecule has 0 N–H and O–H groups in total. The van der Waals surface area contributed by atoms with E-state index in [-0.39, 0.29) is 5.82 Å². The van der Waals surface area contributed by atoms with Crippen molar-refractivity contribution < 1.29 is 4.39 Å². The van der Waals surface area contributed by atoms with Crippen LogP contribution in [0.25, 0.3) is 0 Å². The third kappa shape index (κ3) is 3.33. The lowest BCUT2D eigenvalue weighted by Crippen LogP contribution is -2.26. The molecule has 1 aromatic rings. The van der Waals surface area contributed by atoms with Crippen molar-refractivity contribution in [2.75, 3.05) is 13.1 Å². The van der Waals surface area contributed by atoms with Gasteiger partial charge in [-0.2, -0.15) is 5.26 Å². The van der Waals surface area contributed by atoms with Crippen molar-refractivity contribution in [2.45, 2.75) is 33.7 Å². The first kappa shape index (κ1) is 14.0. The normalized spacial score (nSPS) is 20.5. The van der Waals surface area contributed by atoms with Gasteiger partial charge in [0.1, 0.15) is 5.82 Å². The van der Waals surface area contributed by atoms with Crippen LogP contribution < -0.4 is 0 Å². The molecule has 0 radical (unpaired) electrons. The molecule has 0 aromatic heterocycles. The van der Waals surface area contributed by atoms with E-state index in [9.17, 15) is 4.39 Å². The average Bonchev–Trinajstić information content (AvgIpc) is 2.80. The third-order valence-electron chi connectivity index (χ3n) is 4.07. The molecule has 1 atom stereocenters. The molecule has 1 saturated heterocycles. The summed E-state index contributed by atoms with van der Waals surface area (Å²) in [4.78, 5) is 2.31. The molecule has 1 unspecified atom stereocenters. The highest BCUT2D eigenvalue weighted by molar-refractivity contribution is 5.32. The third-order valence-corrected chi connectivity index (χ3v) is 4.07. The van der Waals surface area contributed by atoms with Crippen molar-refractivity contribution >= 4 is 0 Å². The summed E-state index contributed by atoms with van der Waals surface area (Å²) >= 11 is 0. The van der Waals surface area contributed by atoms with E-state index in [1.807, 2.05) is 6.07 Å². The van der Waals surface area contributed by atoms with Gasteiger partial charge in [0, 0.05) is 18.7 Å². The maximum atomic E-state index is 13.8. The predicted molar refractivity (Wildman–Crippen MR) is 74.0 cm³/mol. The number of benzene rings is 1. The summed E-state index contributed by atoms with van der Waals surface area (Å²) < 4.78 is 13.8. The fourth-order valence-corrected chi connectivity index (χ4v) is 2.67. The van der Waals surface area contributed by atoms with E-state index >= 15 is 0 Å². The molecular weight excluding hydrogens is 239 g/mol. The molecule has 1 aromatic carbocycles. The Hall–Kier alpha value is -1.40. The summed E-state index contributed by atoms with van der Waals surface area (Å²) in [6.45, 7) is 9.50. The molecule has 2 rings (SSSR count). The van der Waals surface area contributed by atoms with E-state index in [1.165, 1.54) is 12.5 Å². The zero-order valence-electron chi connectivity index (χ0n) is 11.9. The van der Waals surface area contributed by atoms with Crippen LogP contribution in [-0.4, -0.2) is 18.0 Å². The summed E-state index contributed by atoms with van der Waals surface area (Å²) in [6.07, 6.45) is 1.18. The first-order valence-corrected chi connectivity index (χ1v) is 6.81. The zero-order valence-corrected chi connectivity index (χ0v) is 11.9. The monoisotopic (exact) mass is 260 g/mol. The van der Waals surface area contributed by atoms with E-state index in [0.29, 0.717) is 29.0 Å². The van der Waals surface area contributed by atoms with Crippen molar-refractivity contribution in [1.29, 1.82) is 5.26 Å². The Morgan fingerprint density at radius 1 is 1.42 bits per heavy atom. The van der Waals surface area contributed by atoms with Gasteiger partial charge in [0.15, 0.2) is 0 Å². The van der Waals surface area contributed by atoms with Gasteiger partial charge >= 0.3 is 0 Å². The summed E-state index contributed by atoms with van der Waals surface area (Å²) in [6, 6.07) is 6.71. The highest BCUT2D eigenvalue weighted by Crippen LogP contribution is 2.34. The number of nitrogens with zero attached hydrogens (tertiary/aromatic N) is 2. The van der Waals surface area contributed by atoms with Crippen LogP contribution in [0.5, 0.6) is 0 Å². The Kier molecular flexibility index (Phi) is 3.91. The fraction of sp³-hybridized carbons (Fsp3) is 0.562. The van der Waals surface area contributed by atoms with Crippen LogP contribution in [0.2, 0.25) is 0 Å². The molecule has 2 nitrogen and oxygen atoms in total. The van der Waals surface area contributed by atoms with Gasteiger partial charge in [-0.1, -0.05) is 26.8 Å². The Morgan fingerprint density at radius 2 is 2.16 bits per heavy atom. The van der Waals surface area contributed by atoms with Crippen LogP contribution in [-0.2, 0) is 6.54 Å². The van der Waals surface area contributed by atoms with Gasteiger partial charge in [-0.05, 0) is 36.4 Å². The molecule has 1 aliphatic rings. The molecule has 0 amide bonds. The van der Waals surface area contributed by atoms with E-state index in [4.69, 9.17) is 5.26 Å². The largest absolute Gasteiger partial charge is 0.299 e. The molecule has 102 valence electrons. The average molecular weight is 260 g/mol. The molecule has 0 aliphatic carbocycles. The van der Waals surface area contributed by atoms with E-state index in [0.717, 1.165) is 13.1 Å². The SMILES string of the molecule is CC(C)(C)C1CCN(Cc2ccc(C#N)cc2F)C1. The number of rotatable bonds is 2. The summed E-state index contributed by atoms with van der Waals surface area (Å²) in [5.74, 6) is 0.409. The van der Waals surface area contributed by atoms with Crippen LogP contribution in [0.3, 0.4) is 0 Å². The minimum absolute atomic E-state index is 0.266. The Morgan fingerprint density at radius 3 is 2.68 bits per heavy atom. The van der Waals surface area contributed by atoms with Gasteiger partial charge in [-0.3, -0.25) is 4.90 Å². The molecule has 0 spiro atoms. The molecule has 1 aliphatic heterocycles. The summed E-state index contributed by atoms with van der Waals surface area (Å²) in [5.41, 5.74) is 1.39. The Balaban J connectivity index is 2.02. The lowest BCUT2D eigenvalue weighted by atomic mass is 9.80. The molecule has 1 heterocycles. The molecular formula is C16H21FN2. The van der Waals surface area contributed by atoms with Crippen molar-refractivity contribution in [3.05, 3.63) is 35.1 Å². The summed E-state index contributed by atoms with van der Waals surface area (Å²) in [5, 5.41) is 8.73. The maximum Gasteiger partial charge on any atom is 0.129 e. The second kappa shape index (κ2) is 5.30. The minimum atomic E-state index is -0.266.